The third kappa shape index (κ3) is 3.93. The van der Waals surface area contributed by atoms with E-state index in [0.717, 1.165) is 5.56 Å². The van der Waals surface area contributed by atoms with E-state index >= 15 is 0 Å². The van der Waals surface area contributed by atoms with E-state index in [1.165, 1.54) is 19.3 Å². The summed E-state index contributed by atoms with van der Waals surface area (Å²) in [5.41, 5.74) is 1.64. The van der Waals surface area contributed by atoms with Crippen LogP contribution >= 0.6 is 22.6 Å². The third-order valence-electron chi connectivity index (χ3n) is 2.84. The van der Waals surface area contributed by atoms with Crippen LogP contribution < -0.4 is 4.74 Å². The van der Waals surface area contributed by atoms with Crippen molar-refractivity contribution in [3.63, 3.8) is 0 Å². The fourth-order valence-corrected chi connectivity index (χ4v) is 2.53. The lowest BCUT2D eigenvalue weighted by molar-refractivity contribution is 0.0600. The summed E-state index contributed by atoms with van der Waals surface area (Å²) < 4.78 is 11.0. The molecule has 0 unspecified atom stereocenters. The van der Waals surface area contributed by atoms with Crippen LogP contribution in [0.1, 0.15) is 15.9 Å². The van der Waals surface area contributed by atoms with Gasteiger partial charge in [0.2, 0.25) is 6.08 Å². The summed E-state index contributed by atoms with van der Waals surface area (Å²) in [7, 11) is 1.30. The van der Waals surface area contributed by atoms with Crippen LogP contribution in [0.3, 0.4) is 0 Å². The molecule has 6 heteroatoms. The monoisotopic (exact) mass is 409 g/mol. The van der Waals surface area contributed by atoms with E-state index in [2.05, 4.69) is 4.99 Å². The summed E-state index contributed by atoms with van der Waals surface area (Å²) in [6, 6.07) is 12.6. The Bertz CT molecular complexity index is 724. The van der Waals surface area contributed by atoms with Crippen LogP contribution in [0.4, 0.5) is 5.69 Å². The molecule has 0 aliphatic rings. The summed E-state index contributed by atoms with van der Waals surface area (Å²) in [5.74, 6) is -0.149. The molecule has 0 aliphatic carbocycles. The predicted octanol–water partition coefficient (Wildman–Crippen LogP) is 3.62. The van der Waals surface area contributed by atoms with Crippen LogP contribution in [0, 0.1) is 3.57 Å². The van der Waals surface area contributed by atoms with Gasteiger partial charge in [-0.3, -0.25) is 0 Å². The van der Waals surface area contributed by atoms with E-state index in [9.17, 15) is 9.59 Å². The first-order valence-electron chi connectivity index (χ1n) is 6.32. The Labute approximate surface area is 141 Å². The Morgan fingerprint density at radius 3 is 2.64 bits per heavy atom. The molecule has 2 aromatic rings. The number of hydrogen-bond donors (Lipinski definition) is 0. The highest BCUT2D eigenvalue weighted by Crippen LogP contribution is 2.34. The number of rotatable bonds is 5. The summed E-state index contributed by atoms with van der Waals surface area (Å²) in [5, 5.41) is 0. The highest BCUT2D eigenvalue weighted by Gasteiger charge is 2.15. The first-order valence-corrected chi connectivity index (χ1v) is 7.40. The van der Waals surface area contributed by atoms with Gasteiger partial charge in [-0.1, -0.05) is 30.3 Å². The molecule has 0 aromatic heterocycles. The maximum absolute atomic E-state index is 11.7. The lowest BCUT2D eigenvalue weighted by Gasteiger charge is -2.11. The van der Waals surface area contributed by atoms with E-state index in [-0.39, 0.29) is 0 Å². The fraction of sp³-hybridized carbons (Fsp3) is 0.125. The van der Waals surface area contributed by atoms with Gasteiger partial charge in [-0.15, -0.1) is 0 Å². The number of carbonyl (C=O) groups excluding carboxylic acids is 2. The number of esters is 1. The molecule has 0 N–H and O–H groups in total. The first-order chi connectivity index (χ1) is 10.7. The minimum absolute atomic E-state index is 0.295. The summed E-state index contributed by atoms with van der Waals surface area (Å²) >= 11 is 1.98. The molecule has 0 atom stereocenters. The third-order valence-corrected chi connectivity index (χ3v) is 3.67. The van der Waals surface area contributed by atoms with Crippen molar-refractivity contribution in [3.05, 3.63) is 57.2 Å². The van der Waals surface area contributed by atoms with Gasteiger partial charge in [0.25, 0.3) is 0 Å². The van der Waals surface area contributed by atoms with Gasteiger partial charge >= 0.3 is 5.97 Å². The van der Waals surface area contributed by atoms with E-state index in [0.29, 0.717) is 27.2 Å². The van der Waals surface area contributed by atoms with Crippen molar-refractivity contribution in [3.8, 4) is 5.75 Å². The van der Waals surface area contributed by atoms with Crippen molar-refractivity contribution >= 4 is 40.3 Å². The van der Waals surface area contributed by atoms with Crippen molar-refractivity contribution in [2.75, 3.05) is 7.11 Å². The highest BCUT2D eigenvalue weighted by atomic mass is 127. The van der Waals surface area contributed by atoms with Gasteiger partial charge in [0.1, 0.15) is 18.0 Å². The molecule has 0 saturated carbocycles. The standard InChI is InChI=1S/C16H12INO4/c1-21-16(20)12-7-13(17)15(18-10-19)14(8-12)22-9-11-5-3-2-4-6-11/h2-8H,9H2,1H3. The second-order valence-corrected chi connectivity index (χ2v) is 5.44. The van der Waals surface area contributed by atoms with Gasteiger partial charge in [-0.2, -0.15) is 4.99 Å². The van der Waals surface area contributed by atoms with Gasteiger partial charge in [0, 0.05) is 3.57 Å². The van der Waals surface area contributed by atoms with Crippen molar-refractivity contribution in [2.45, 2.75) is 6.61 Å². The zero-order chi connectivity index (χ0) is 15.9. The molecule has 5 nitrogen and oxygen atoms in total. The van der Waals surface area contributed by atoms with Crippen LogP contribution in [0.15, 0.2) is 47.5 Å². The molecular formula is C16H12INO4. The Morgan fingerprint density at radius 1 is 1.27 bits per heavy atom. The second-order valence-electron chi connectivity index (χ2n) is 4.27. The Hall–Kier alpha value is -2.18. The Morgan fingerprint density at radius 2 is 2.00 bits per heavy atom. The molecule has 0 amide bonds. The largest absolute Gasteiger partial charge is 0.487 e. The molecule has 0 spiro atoms. The quantitative estimate of drug-likeness (QED) is 0.328. The number of carbonyl (C=O) groups is 1. The number of hydrogen-bond acceptors (Lipinski definition) is 5. The van der Waals surface area contributed by atoms with Gasteiger partial charge < -0.3 is 9.47 Å². The van der Waals surface area contributed by atoms with Gasteiger partial charge in [-0.05, 0) is 40.3 Å². The average molecular weight is 409 g/mol. The Balaban J connectivity index is 2.35. The van der Waals surface area contributed by atoms with Crippen LogP contribution in [0.25, 0.3) is 0 Å². The topological polar surface area (TPSA) is 65.0 Å². The predicted molar refractivity (Wildman–Crippen MR) is 89.1 cm³/mol. The molecule has 2 aromatic carbocycles. The maximum Gasteiger partial charge on any atom is 0.338 e. The molecular weight excluding hydrogens is 397 g/mol. The molecule has 112 valence electrons. The van der Waals surface area contributed by atoms with Crippen LogP contribution in [-0.2, 0) is 16.1 Å². The van der Waals surface area contributed by atoms with Crippen LogP contribution in [-0.4, -0.2) is 19.2 Å². The number of benzene rings is 2. The molecule has 0 fully saturated rings. The smallest absolute Gasteiger partial charge is 0.338 e. The van der Waals surface area contributed by atoms with Crippen molar-refractivity contribution in [2.24, 2.45) is 4.99 Å². The van der Waals surface area contributed by atoms with E-state index in [4.69, 9.17) is 9.47 Å². The molecule has 0 heterocycles. The van der Waals surface area contributed by atoms with E-state index in [1.54, 1.807) is 6.07 Å². The second kappa shape index (κ2) is 7.72. The zero-order valence-corrected chi connectivity index (χ0v) is 13.9. The maximum atomic E-state index is 11.7. The normalized spacial score (nSPS) is 9.73. The van der Waals surface area contributed by atoms with Crippen LogP contribution in [0.2, 0.25) is 0 Å². The average Bonchev–Trinajstić information content (AvgIpc) is 2.55. The summed E-state index contributed by atoms with van der Waals surface area (Å²) in [6.07, 6.45) is 1.50. The van der Waals surface area contributed by atoms with E-state index in [1.807, 2.05) is 52.9 Å². The molecule has 0 saturated heterocycles. The van der Waals surface area contributed by atoms with Gasteiger partial charge in [-0.25, -0.2) is 9.59 Å². The first kappa shape index (κ1) is 16.2. The summed E-state index contributed by atoms with van der Waals surface area (Å²) in [4.78, 5) is 25.9. The lowest BCUT2D eigenvalue weighted by atomic mass is 10.2. The lowest BCUT2D eigenvalue weighted by Crippen LogP contribution is -2.03. The molecule has 0 bridgehead atoms. The SMILES string of the molecule is COC(=O)c1cc(I)c(N=C=O)c(OCc2ccccc2)c1. The van der Waals surface area contributed by atoms with Gasteiger partial charge in [0.05, 0.1) is 12.7 Å². The molecule has 0 radical (unpaired) electrons. The number of methoxy groups -OCH3 is 1. The number of isocyanates is 1. The Kier molecular flexibility index (Phi) is 5.68. The highest BCUT2D eigenvalue weighted by molar-refractivity contribution is 14.1. The van der Waals surface area contributed by atoms with Gasteiger partial charge in [0.15, 0.2) is 0 Å². The number of nitrogens with zero attached hydrogens (tertiary/aromatic N) is 1. The van der Waals surface area contributed by atoms with Crippen molar-refractivity contribution in [1.82, 2.24) is 0 Å². The number of ether oxygens (including phenoxy) is 2. The number of halogens is 1. The minimum Gasteiger partial charge on any atom is -0.487 e. The summed E-state index contributed by atoms with van der Waals surface area (Å²) in [6.45, 7) is 0.295. The molecule has 2 rings (SSSR count). The molecule has 22 heavy (non-hydrogen) atoms. The zero-order valence-electron chi connectivity index (χ0n) is 11.7. The minimum atomic E-state index is -0.482. The van der Waals surface area contributed by atoms with Crippen LogP contribution in [0.5, 0.6) is 5.75 Å². The van der Waals surface area contributed by atoms with E-state index < -0.39 is 5.97 Å². The van der Waals surface area contributed by atoms with Crippen molar-refractivity contribution < 1.29 is 19.1 Å². The molecule has 0 aliphatic heterocycles. The number of aliphatic imine (C=N–C) groups is 1. The fourth-order valence-electron chi connectivity index (χ4n) is 1.81. The van der Waals surface area contributed by atoms with Crippen molar-refractivity contribution in [1.29, 1.82) is 0 Å².